The lowest BCUT2D eigenvalue weighted by atomic mass is 10.4. The Kier molecular flexibility index (Phi) is 3.78. The van der Waals surface area contributed by atoms with Crippen LogP contribution < -0.4 is 0 Å². The summed E-state index contributed by atoms with van der Waals surface area (Å²) in [4.78, 5) is 12.4. The van der Waals surface area contributed by atoms with Crippen LogP contribution in [0.1, 0.15) is 15.6 Å². The fourth-order valence-corrected chi connectivity index (χ4v) is 3.10. The van der Waals surface area contributed by atoms with Gasteiger partial charge in [-0.3, -0.25) is 4.79 Å². The van der Waals surface area contributed by atoms with Gasteiger partial charge in [-0.15, -0.1) is 21.5 Å². The molecule has 0 N–H and O–H groups in total. The van der Waals surface area contributed by atoms with Crippen molar-refractivity contribution < 1.29 is 9.21 Å². The number of hydrogen-bond acceptors (Lipinski definition) is 6. The first-order chi connectivity index (χ1) is 7.65. The van der Waals surface area contributed by atoms with Gasteiger partial charge >= 0.3 is 0 Å². The van der Waals surface area contributed by atoms with Crippen molar-refractivity contribution in [2.75, 3.05) is 5.75 Å². The SMILES string of the molecule is Cc1nnc(SCC(=O)c2ccc(Br)s2)o1. The Hall–Kier alpha value is -0.660. The summed E-state index contributed by atoms with van der Waals surface area (Å²) in [6.45, 7) is 1.72. The van der Waals surface area contributed by atoms with Crippen LogP contribution in [-0.4, -0.2) is 21.7 Å². The lowest BCUT2D eigenvalue weighted by molar-refractivity contribution is 0.102. The first-order valence-corrected chi connectivity index (χ1v) is 6.96. The van der Waals surface area contributed by atoms with E-state index in [2.05, 4.69) is 26.1 Å². The van der Waals surface area contributed by atoms with E-state index in [1.165, 1.54) is 23.1 Å². The molecule has 0 bridgehead atoms. The zero-order chi connectivity index (χ0) is 11.5. The third kappa shape index (κ3) is 2.93. The lowest BCUT2D eigenvalue weighted by Crippen LogP contribution is -1.98. The van der Waals surface area contributed by atoms with E-state index >= 15 is 0 Å². The van der Waals surface area contributed by atoms with Gasteiger partial charge in [0.05, 0.1) is 14.4 Å². The summed E-state index contributed by atoms with van der Waals surface area (Å²) in [5, 5.41) is 7.92. The number of aryl methyl sites for hydroxylation is 1. The Morgan fingerprint density at radius 3 is 2.94 bits per heavy atom. The summed E-state index contributed by atoms with van der Waals surface area (Å²) < 4.78 is 6.11. The third-order valence-electron chi connectivity index (χ3n) is 1.68. The second kappa shape index (κ2) is 5.11. The minimum absolute atomic E-state index is 0.0663. The van der Waals surface area contributed by atoms with Gasteiger partial charge in [-0.05, 0) is 28.1 Å². The molecular formula is C9H7BrN2O2S2. The molecule has 0 amide bonds. The van der Waals surface area contributed by atoms with E-state index in [9.17, 15) is 4.79 Å². The van der Waals surface area contributed by atoms with E-state index in [1.54, 1.807) is 13.0 Å². The highest BCUT2D eigenvalue weighted by Gasteiger charge is 2.11. The summed E-state index contributed by atoms with van der Waals surface area (Å²) in [5.41, 5.74) is 0. The van der Waals surface area contributed by atoms with Crippen molar-refractivity contribution in [3.05, 3.63) is 26.7 Å². The fraction of sp³-hybridized carbons (Fsp3) is 0.222. The molecule has 0 aliphatic rings. The second-order valence-corrected chi connectivity index (χ2v) is 6.29. The van der Waals surface area contributed by atoms with Crippen molar-refractivity contribution in [1.29, 1.82) is 0 Å². The highest BCUT2D eigenvalue weighted by molar-refractivity contribution is 9.11. The molecule has 4 nitrogen and oxygen atoms in total. The van der Waals surface area contributed by atoms with E-state index in [0.717, 1.165) is 8.66 Å². The van der Waals surface area contributed by atoms with E-state index in [0.29, 0.717) is 16.9 Å². The molecule has 0 saturated carbocycles. The van der Waals surface area contributed by atoms with E-state index in [-0.39, 0.29) is 5.78 Å². The van der Waals surface area contributed by atoms with Crippen LogP contribution in [0.25, 0.3) is 0 Å². The number of aromatic nitrogens is 2. The smallest absolute Gasteiger partial charge is 0.277 e. The minimum Gasteiger partial charge on any atom is -0.416 e. The van der Waals surface area contributed by atoms with Crippen LogP contribution in [-0.2, 0) is 0 Å². The Morgan fingerprint density at radius 1 is 1.56 bits per heavy atom. The minimum atomic E-state index is 0.0663. The Morgan fingerprint density at radius 2 is 2.38 bits per heavy atom. The van der Waals surface area contributed by atoms with E-state index in [1.807, 2.05) is 6.07 Å². The first kappa shape index (κ1) is 11.8. The maximum absolute atomic E-state index is 11.7. The Bertz CT molecular complexity index is 509. The van der Waals surface area contributed by atoms with Gasteiger partial charge in [0.25, 0.3) is 5.22 Å². The van der Waals surface area contributed by atoms with Gasteiger partial charge in [0.1, 0.15) is 0 Å². The molecule has 0 spiro atoms. The van der Waals surface area contributed by atoms with Crippen molar-refractivity contribution in [3.8, 4) is 0 Å². The monoisotopic (exact) mass is 318 g/mol. The summed E-state index contributed by atoms with van der Waals surface area (Å²) in [6, 6.07) is 3.66. The molecule has 0 fully saturated rings. The summed E-state index contributed by atoms with van der Waals surface area (Å²) in [7, 11) is 0. The topological polar surface area (TPSA) is 56.0 Å². The van der Waals surface area contributed by atoms with Crippen LogP contribution in [0.15, 0.2) is 25.6 Å². The number of nitrogens with zero attached hydrogens (tertiary/aromatic N) is 2. The van der Waals surface area contributed by atoms with Crippen LogP contribution in [0.4, 0.5) is 0 Å². The van der Waals surface area contributed by atoms with E-state index < -0.39 is 0 Å². The highest BCUT2D eigenvalue weighted by atomic mass is 79.9. The van der Waals surface area contributed by atoms with Gasteiger partial charge in [-0.1, -0.05) is 11.8 Å². The van der Waals surface area contributed by atoms with Gasteiger partial charge in [0.15, 0.2) is 5.78 Å². The highest BCUT2D eigenvalue weighted by Crippen LogP contribution is 2.24. The van der Waals surface area contributed by atoms with Crippen LogP contribution in [0, 0.1) is 6.92 Å². The molecule has 2 heterocycles. The number of halogens is 1. The predicted octanol–water partition coefficient (Wildman–Crippen LogP) is 3.18. The van der Waals surface area contributed by atoms with Crippen LogP contribution in [0.5, 0.6) is 0 Å². The van der Waals surface area contributed by atoms with Crippen molar-refractivity contribution in [2.45, 2.75) is 12.1 Å². The van der Waals surface area contributed by atoms with Gasteiger partial charge in [-0.25, -0.2) is 0 Å². The molecule has 0 aromatic carbocycles. The molecule has 0 atom stereocenters. The van der Waals surface area contributed by atoms with Crippen LogP contribution >= 0.6 is 39.0 Å². The summed E-state index contributed by atoms with van der Waals surface area (Å²) in [5.74, 6) is 0.888. The lowest BCUT2D eigenvalue weighted by Gasteiger charge is -1.93. The molecule has 0 aliphatic heterocycles. The average Bonchev–Trinajstić information content (AvgIpc) is 2.84. The van der Waals surface area contributed by atoms with Gasteiger partial charge in [-0.2, -0.15) is 0 Å². The Balaban J connectivity index is 1.93. The molecule has 0 saturated heterocycles. The molecule has 2 rings (SSSR count). The first-order valence-electron chi connectivity index (χ1n) is 4.36. The fourth-order valence-electron chi connectivity index (χ4n) is 0.999. The van der Waals surface area contributed by atoms with Crippen molar-refractivity contribution in [3.63, 3.8) is 0 Å². The molecule has 7 heteroatoms. The maximum atomic E-state index is 11.7. The molecule has 2 aromatic heterocycles. The normalized spacial score (nSPS) is 10.6. The number of rotatable bonds is 4. The quantitative estimate of drug-likeness (QED) is 0.640. The largest absolute Gasteiger partial charge is 0.416 e. The molecule has 0 unspecified atom stereocenters. The average molecular weight is 319 g/mol. The number of Topliss-reactive ketones (excluding diaryl/α,β-unsaturated/α-hetero) is 1. The zero-order valence-corrected chi connectivity index (χ0v) is 11.5. The van der Waals surface area contributed by atoms with Gasteiger partial charge in [0, 0.05) is 6.92 Å². The van der Waals surface area contributed by atoms with Gasteiger partial charge < -0.3 is 4.42 Å². The summed E-state index contributed by atoms with van der Waals surface area (Å²) >= 11 is 6.00. The number of carbonyl (C=O) groups is 1. The van der Waals surface area contributed by atoms with Crippen molar-refractivity contribution in [2.24, 2.45) is 0 Å². The van der Waals surface area contributed by atoms with Crippen molar-refractivity contribution in [1.82, 2.24) is 10.2 Å². The molecule has 2 aromatic rings. The Labute approximate surface area is 109 Å². The maximum Gasteiger partial charge on any atom is 0.277 e. The third-order valence-corrected chi connectivity index (χ3v) is 4.17. The molecule has 84 valence electrons. The molecule has 16 heavy (non-hydrogen) atoms. The number of ketones is 1. The van der Waals surface area contributed by atoms with Crippen molar-refractivity contribution >= 4 is 44.8 Å². The number of hydrogen-bond donors (Lipinski definition) is 0. The summed E-state index contributed by atoms with van der Waals surface area (Å²) in [6.07, 6.45) is 0. The number of carbonyl (C=O) groups excluding carboxylic acids is 1. The van der Waals surface area contributed by atoms with Crippen LogP contribution in [0.3, 0.4) is 0 Å². The number of thiophene rings is 1. The molecule has 0 aliphatic carbocycles. The predicted molar refractivity (Wildman–Crippen MR) is 66.1 cm³/mol. The second-order valence-electron chi connectivity index (χ2n) is 2.90. The zero-order valence-electron chi connectivity index (χ0n) is 8.27. The molecular weight excluding hydrogens is 312 g/mol. The standard InChI is InChI=1S/C9H7BrN2O2S2/c1-5-11-12-9(14-5)15-4-6(13)7-2-3-8(10)16-7/h2-3H,4H2,1H3. The number of thioether (sulfide) groups is 1. The van der Waals surface area contributed by atoms with E-state index in [4.69, 9.17) is 4.42 Å². The van der Waals surface area contributed by atoms with Gasteiger partial charge in [0.2, 0.25) is 5.89 Å². The van der Waals surface area contributed by atoms with Crippen LogP contribution in [0.2, 0.25) is 0 Å². The molecule has 0 radical (unpaired) electrons.